The highest BCUT2D eigenvalue weighted by Crippen LogP contribution is 2.25. The summed E-state index contributed by atoms with van der Waals surface area (Å²) >= 11 is 0. The smallest absolute Gasteiger partial charge is 0.371 e. The van der Waals surface area contributed by atoms with Crippen molar-refractivity contribution in [3.63, 3.8) is 0 Å². The SMILES string of the molecule is CCN(c1ccc(C)cc1)S(=O)(=O)c1ccc(C(=O)O)o1. The second-order valence-corrected chi connectivity index (χ2v) is 6.22. The maximum atomic E-state index is 12.5. The summed E-state index contributed by atoms with van der Waals surface area (Å²) in [5, 5.41) is 8.42. The Morgan fingerprint density at radius 3 is 2.29 bits per heavy atom. The second-order valence-electron chi connectivity index (χ2n) is 4.43. The van der Waals surface area contributed by atoms with E-state index in [1.165, 1.54) is 0 Å². The van der Waals surface area contributed by atoms with E-state index < -0.39 is 21.8 Å². The fraction of sp³-hybridized carbons (Fsp3) is 0.214. The van der Waals surface area contributed by atoms with Crippen molar-refractivity contribution in [2.45, 2.75) is 18.9 Å². The first-order valence-electron chi connectivity index (χ1n) is 6.29. The molecule has 21 heavy (non-hydrogen) atoms. The van der Waals surface area contributed by atoms with Crippen LogP contribution in [0.2, 0.25) is 0 Å². The van der Waals surface area contributed by atoms with E-state index in [1.807, 2.05) is 6.92 Å². The molecule has 112 valence electrons. The van der Waals surface area contributed by atoms with Gasteiger partial charge in [0.05, 0.1) is 5.69 Å². The molecule has 0 unspecified atom stereocenters. The van der Waals surface area contributed by atoms with E-state index in [1.54, 1.807) is 31.2 Å². The third-order valence-corrected chi connectivity index (χ3v) is 4.72. The molecule has 1 aromatic heterocycles. The van der Waals surface area contributed by atoms with E-state index in [4.69, 9.17) is 9.52 Å². The van der Waals surface area contributed by atoms with Crippen LogP contribution < -0.4 is 4.31 Å². The van der Waals surface area contributed by atoms with Crippen molar-refractivity contribution in [2.75, 3.05) is 10.8 Å². The topological polar surface area (TPSA) is 87.8 Å². The predicted molar refractivity (Wildman–Crippen MR) is 77.1 cm³/mol. The molecule has 0 aliphatic rings. The Kier molecular flexibility index (Phi) is 4.04. The Balaban J connectivity index is 2.43. The van der Waals surface area contributed by atoms with Crippen LogP contribution >= 0.6 is 0 Å². The minimum absolute atomic E-state index is 0.203. The summed E-state index contributed by atoms with van der Waals surface area (Å²) in [6.45, 7) is 3.80. The Morgan fingerprint density at radius 1 is 1.19 bits per heavy atom. The van der Waals surface area contributed by atoms with Gasteiger partial charge in [0, 0.05) is 6.54 Å². The molecule has 0 aliphatic heterocycles. The third kappa shape index (κ3) is 2.92. The van der Waals surface area contributed by atoms with Crippen molar-refractivity contribution in [3.8, 4) is 0 Å². The van der Waals surface area contributed by atoms with Gasteiger partial charge < -0.3 is 9.52 Å². The monoisotopic (exact) mass is 309 g/mol. The molecule has 0 spiro atoms. The maximum Gasteiger partial charge on any atom is 0.371 e. The molecule has 2 aromatic rings. The van der Waals surface area contributed by atoms with Gasteiger partial charge in [-0.25, -0.2) is 4.79 Å². The van der Waals surface area contributed by atoms with Crippen LogP contribution in [0.15, 0.2) is 45.9 Å². The number of benzene rings is 1. The molecule has 0 saturated heterocycles. The Hall–Kier alpha value is -2.28. The minimum atomic E-state index is -3.93. The van der Waals surface area contributed by atoms with Crippen LogP contribution in [-0.2, 0) is 10.0 Å². The van der Waals surface area contributed by atoms with Crippen molar-refractivity contribution >= 4 is 21.7 Å². The van der Waals surface area contributed by atoms with Crippen LogP contribution in [0, 0.1) is 6.92 Å². The lowest BCUT2D eigenvalue weighted by molar-refractivity contribution is 0.0656. The summed E-state index contributed by atoms with van der Waals surface area (Å²) in [4.78, 5) is 10.8. The first-order chi connectivity index (χ1) is 9.86. The number of rotatable bonds is 5. The minimum Gasteiger partial charge on any atom is -0.475 e. The highest BCUT2D eigenvalue weighted by atomic mass is 32.2. The molecule has 7 heteroatoms. The van der Waals surface area contributed by atoms with E-state index in [0.29, 0.717) is 5.69 Å². The standard InChI is InChI=1S/C14H15NO5S/c1-3-15(11-6-4-10(2)5-7-11)21(18,19)13-9-8-12(20-13)14(16)17/h4-9H,3H2,1-2H3,(H,16,17). The van der Waals surface area contributed by atoms with Crippen molar-refractivity contribution in [1.29, 1.82) is 0 Å². The number of anilines is 1. The molecule has 0 atom stereocenters. The summed E-state index contributed by atoms with van der Waals surface area (Å²) in [6, 6.07) is 9.26. The second kappa shape index (κ2) is 5.61. The van der Waals surface area contributed by atoms with E-state index in [-0.39, 0.29) is 11.6 Å². The van der Waals surface area contributed by atoms with E-state index in [9.17, 15) is 13.2 Å². The largest absolute Gasteiger partial charge is 0.475 e. The molecule has 0 saturated carbocycles. The molecule has 0 fully saturated rings. The zero-order chi connectivity index (χ0) is 15.6. The Morgan fingerprint density at radius 2 is 1.81 bits per heavy atom. The summed E-state index contributed by atoms with van der Waals surface area (Å²) in [7, 11) is -3.93. The van der Waals surface area contributed by atoms with Crippen LogP contribution in [0.3, 0.4) is 0 Å². The zero-order valence-electron chi connectivity index (χ0n) is 11.6. The van der Waals surface area contributed by atoms with Crippen molar-refractivity contribution in [2.24, 2.45) is 0 Å². The first-order valence-corrected chi connectivity index (χ1v) is 7.73. The van der Waals surface area contributed by atoms with Crippen LogP contribution in [0.25, 0.3) is 0 Å². The number of nitrogens with zero attached hydrogens (tertiary/aromatic N) is 1. The molecule has 0 bridgehead atoms. The Bertz CT molecular complexity index is 746. The normalized spacial score (nSPS) is 11.3. The first kappa shape index (κ1) is 15.1. The van der Waals surface area contributed by atoms with Crippen molar-refractivity contribution in [1.82, 2.24) is 0 Å². The molecular weight excluding hydrogens is 294 g/mol. The quantitative estimate of drug-likeness (QED) is 0.916. The molecule has 0 radical (unpaired) electrons. The van der Waals surface area contributed by atoms with Gasteiger partial charge in [-0.1, -0.05) is 17.7 Å². The molecule has 0 aliphatic carbocycles. The molecular formula is C14H15NO5S. The highest BCUT2D eigenvalue weighted by molar-refractivity contribution is 7.92. The van der Waals surface area contributed by atoms with Gasteiger partial charge in [0.1, 0.15) is 0 Å². The van der Waals surface area contributed by atoms with Crippen LogP contribution in [0.1, 0.15) is 23.0 Å². The highest BCUT2D eigenvalue weighted by Gasteiger charge is 2.28. The number of carboxylic acid groups (broad SMARTS) is 1. The van der Waals surface area contributed by atoms with Crippen molar-refractivity contribution in [3.05, 3.63) is 47.7 Å². The number of aryl methyl sites for hydroxylation is 1. The van der Waals surface area contributed by atoms with E-state index in [0.717, 1.165) is 22.0 Å². The van der Waals surface area contributed by atoms with Gasteiger partial charge in [0.25, 0.3) is 10.0 Å². The van der Waals surface area contributed by atoms with Gasteiger partial charge in [-0.15, -0.1) is 0 Å². The summed E-state index contributed by atoms with van der Waals surface area (Å²) < 4.78 is 31.1. The lowest BCUT2D eigenvalue weighted by Crippen LogP contribution is -2.30. The molecule has 1 aromatic carbocycles. The molecule has 6 nitrogen and oxygen atoms in total. The molecule has 2 rings (SSSR count). The van der Waals surface area contributed by atoms with Gasteiger partial charge in [-0.3, -0.25) is 4.31 Å². The van der Waals surface area contributed by atoms with E-state index >= 15 is 0 Å². The van der Waals surface area contributed by atoms with E-state index in [2.05, 4.69) is 0 Å². The lowest BCUT2D eigenvalue weighted by atomic mass is 10.2. The number of hydrogen-bond acceptors (Lipinski definition) is 4. The van der Waals surface area contributed by atoms with Crippen LogP contribution in [0.5, 0.6) is 0 Å². The average Bonchev–Trinajstić information content (AvgIpc) is 2.92. The average molecular weight is 309 g/mol. The third-order valence-electron chi connectivity index (χ3n) is 2.95. The van der Waals surface area contributed by atoms with Crippen molar-refractivity contribution < 1.29 is 22.7 Å². The van der Waals surface area contributed by atoms with Gasteiger partial charge in [0.2, 0.25) is 10.9 Å². The molecule has 1 heterocycles. The number of furan rings is 1. The number of hydrogen-bond donors (Lipinski definition) is 1. The van der Waals surface area contributed by atoms with Crippen LogP contribution in [0.4, 0.5) is 5.69 Å². The fourth-order valence-corrected chi connectivity index (χ4v) is 3.28. The summed E-state index contributed by atoms with van der Waals surface area (Å²) in [5.74, 6) is -1.72. The number of carboxylic acids is 1. The Labute approximate surface area is 122 Å². The zero-order valence-corrected chi connectivity index (χ0v) is 12.4. The molecule has 1 N–H and O–H groups in total. The summed E-state index contributed by atoms with van der Waals surface area (Å²) in [5.41, 5.74) is 1.51. The number of carbonyl (C=O) groups is 1. The van der Waals surface area contributed by atoms with Gasteiger partial charge in [0.15, 0.2) is 0 Å². The van der Waals surface area contributed by atoms with Gasteiger partial charge in [-0.05, 0) is 38.1 Å². The molecule has 0 amide bonds. The van der Waals surface area contributed by atoms with Gasteiger partial charge in [-0.2, -0.15) is 8.42 Å². The fourth-order valence-electron chi connectivity index (χ4n) is 1.88. The lowest BCUT2D eigenvalue weighted by Gasteiger charge is -2.21. The van der Waals surface area contributed by atoms with Crippen LogP contribution in [-0.4, -0.2) is 26.0 Å². The van der Waals surface area contributed by atoms with Gasteiger partial charge >= 0.3 is 5.97 Å². The summed E-state index contributed by atoms with van der Waals surface area (Å²) in [6.07, 6.45) is 0. The number of aromatic carboxylic acids is 1. The number of sulfonamides is 1. The maximum absolute atomic E-state index is 12.5. The predicted octanol–water partition coefficient (Wildman–Crippen LogP) is 2.50.